The summed E-state index contributed by atoms with van der Waals surface area (Å²) in [5.41, 5.74) is 2.26. The van der Waals surface area contributed by atoms with E-state index in [-0.39, 0.29) is 0 Å². The topological polar surface area (TPSA) is 112 Å². The first-order valence-corrected chi connectivity index (χ1v) is 11.6. The van der Waals surface area contributed by atoms with E-state index in [0.717, 1.165) is 25.1 Å². The molecular formula is C22H18F3N5O2S. The Bertz CT molecular complexity index is 1410. The van der Waals surface area contributed by atoms with Gasteiger partial charge in [0.2, 0.25) is 10.0 Å². The van der Waals surface area contributed by atoms with Crippen molar-refractivity contribution in [3.63, 3.8) is 0 Å². The standard InChI is InChI=1S/C22H18F3N5O2S/c1-13(22(23,24)25)29-33(31,32)16-5-7-19(28-11-16)21-18(10-27)17-6-4-15(9-26)8-20(17)30(21)12-14-2-3-14/h4-8,11,13-14,29H,2-3,12H2,1H3. The zero-order chi connectivity index (χ0) is 24.0. The molecule has 1 N–H and O–H groups in total. The van der Waals surface area contributed by atoms with Gasteiger partial charge in [-0.25, -0.2) is 8.42 Å². The predicted octanol–water partition coefficient (Wildman–Crippen LogP) is 4.09. The minimum atomic E-state index is -4.73. The molecule has 0 amide bonds. The SMILES string of the molecule is CC(NS(=O)(=O)c1ccc(-c2c(C#N)c3ccc(C#N)cc3n2CC2CC2)nc1)C(F)(F)F. The number of benzene rings is 1. The van der Waals surface area contributed by atoms with E-state index >= 15 is 0 Å². The Kier molecular flexibility index (Phi) is 5.64. The van der Waals surface area contributed by atoms with Crippen LogP contribution in [0.15, 0.2) is 41.4 Å². The van der Waals surface area contributed by atoms with Crippen LogP contribution in [0.1, 0.15) is 30.9 Å². The van der Waals surface area contributed by atoms with Crippen LogP contribution in [0.25, 0.3) is 22.3 Å². The largest absolute Gasteiger partial charge is 0.404 e. The van der Waals surface area contributed by atoms with Crippen molar-refractivity contribution < 1.29 is 21.6 Å². The molecule has 1 aliphatic rings. The summed E-state index contributed by atoms with van der Waals surface area (Å²) in [5.74, 6) is 0.421. The molecule has 7 nitrogen and oxygen atoms in total. The Labute approximate surface area is 188 Å². The Balaban J connectivity index is 1.79. The first-order valence-electron chi connectivity index (χ1n) is 10.1. The van der Waals surface area contributed by atoms with Gasteiger partial charge >= 0.3 is 6.18 Å². The van der Waals surface area contributed by atoms with Crippen molar-refractivity contribution in [1.29, 1.82) is 10.5 Å². The van der Waals surface area contributed by atoms with Gasteiger partial charge < -0.3 is 4.57 Å². The molecule has 1 atom stereocenters. The maximum Gasteiger partial charge on any atom is 0.404 e. The predicted molar refractivity (Wildman–Crippen MR) is 113 cm³/mol. The molecule has 2 heterocycles. The number of pyridine rings is 1. The van der Waals surface area contributed by atoms with E-state index in [1.54, 1.807) is 22.9 Å². The highest BCUT2D eigenvalue weighted by molar-refractivity contribution is 7.89. The fourth-order valence-corrected chi connectivity index (χ4v) is 4.77. The first kappa shape index (κ1) is 22.8. The molecule has 0 radical (unpaired) electrons. The second-order valence-corrected chi connectivity index (χ2v) is 9.71. The van der Waals surface area contributed by atoms with E-state index in [4.69, 9.17) is 0 Å². The van der Waals surface area contributed by atoms with E-state index in [1.807, 2.05) is 4.57 Å². The Morgan fingerprint density at radius 3 is 2.48 bits per heavy atom. The lowest BCUT2D eigenvalue weighted by molar-refractivity contribution is -0.147. The van der Waals surface area contributed by atoms with Crippen molar-refractivity contribution >= 4 is 20.9 Å². The molecule has 3 aromatic rings. The number of rotatable bonds is 6. The Hall–Kier alpha value is -3.41. The van der Waals surface area contributed by atoms with E-state index < -0.39 is 27.1 Å². The highest BCUT2D eigenvalue weighted by Gasteiger charge is 2.39. The number of sulfonamides is 1. The van der Waals surface area contributed by atoms with Gasteiger partial charge in [-0.15, -0.1) is 0 Å². The van der Waals surface area contributed by atoms with Crippen LogP contribution in [0, 0.1) is 28.6 Å². The molecular weight excluding hydrogens is 455 g/mol. The van der Waals surface area contributed by atoms with Crippen LogP contribution < -0.4 is 4.72 Å². The van der Waals surface area contributed by atoms with Gasteiger partial charge in [0.25, 0.3) is 0 Å². The van der Waals surface area contributed by atoms with Crippen molar-refractivity contribution in [1.82, 2.24) is 14.3 Å². The zero-order valence-electron chi connectivity index (χ0n) is 17.4. The normalized spacial score (nSPS) is 15.2. The summed E-state index contributed by atoms with van der Waals surface area (Å²) in [6, 6.07) is 9.54. The maximum absolute atomic E-state index is 12.8. The molecule has 0 spiro atoms. The molecule has 4 rings (SSSR count). The minimum absolute atomic E-state index is 0.310. The molecule has 1 aliphatic carbocycles. The van der Waals surface area contributed by atoms with Gasteiger partial charge in [0.05, 0.1) is 34.1 Å². The summed E-state index contributed by atoms with van der Waals surface area (Å²) < 4.78 is 66.5. The van der Waals surface area contributed by atoms with Gasteiger partial charge in [0.15, 0.2) is 0 Å². The van der Waals surface area contributed by atoms with Crippen LogP contribution in [0.5, 0.6) is 0 Å². The molecule has 1 fully saturated rings. The van der Waals surface area contributed by atoms with Crippen molar-refractivity contribution in [2.45, 2.75) is 43.4 Å². The molecule has 1 unspecified atom stereocenters. The summed E-state index contributed by atoms with van der Waals surface area (Å²) in [6.45, 7) is 1.32. The van der Waals surface area contributed by atoms with Gasteiger partial charge in [-0.2, -0.15) is 28.4 Å². The lowest BCUT2D eigenvalue weighted by atomic mass is 10.1. The molecule has 11 heteroatoms. The molecule has 0 aliphatic heterocycles. The van der Waals surface area contributed by atoms with Gasteiger partial charge in [-0.1, -0.05) is 6.07 Å². The van der Waals surface area contributed by atoms with Crippen LogP contribution >= 0.6 is 0 Å². The molecule has 0 saturated heterocycles. The third-order valence-electron chi connectivity index (χ3n) is 5.56. The van der Waals surface area contributed by atoms with Crippen LogP contribution in [0.2, 0.25) is 0 Å². The molecule has 1 aromatic carbocycles. The minimum Gasteiger partial charge on any atom is -0.338 e. The molecule has 1 saturated carbocycles. The first-order chi connectivity index (χ1) is 15.5. The Morgan fingerprint density at radius 2 is 1.94 bits per heavy atom. The number of alkyl halides is 3. The number of hydrogen-bond acceptors (Lipinski definition) is 5. The van der Waals surface area contributed by atoms with Crippen LogP contribution in [-0.2, 0) is 16.6 Å². The third-order valence-corrected chi connectivity index (χ3v) is 7.08. The monoisotopic (exact) mass is 473 g/mol. The van der Waals surface area contributed by atoms with Crippen molar-refractivity contribution in [3.05, 3.63) is 47.7 Å². The number of halogens is 3. The number of aromatic nitrogens is 2. The summed E-state index contributed by atoms with van der Waals surface area (Å²) in [6.07, 6.45) is -1.69. The van der Waals surface area contributed by atoms with Crippen LogP contribution in [0.3, 0.4) is 0 Å². The van der Waals surface area contributed by atoms with Gasteiger partial charge in [-0.3, -0.25) is 4.98 Å². The smallest absolute Gasteiger partial charge is 0.338 e. The number of nitriles is 2. The van der Waals surface area contributed by atoms with Crippen molar-refractivity contribution in [3.8, 4) is 23.5 Å². The number of hydrogen-bond donors (Lipinski definition) is 1. The van der Waals surface area contributed by atoms with Crippen LogP contribution in [-0.4, -0.2) is 30.2 Å². The van der Waals surface area contributed by atoms with E-state index in [0.29, 0.717) is 52.8 Å². The highest BCUT2D eigenvalue weighted by Crippen LogP contribution is 2.38. The number of nitrogens with zero attached hydrogens (tertiary/aromatic N) is 4. The van der Waals surface area contributed by atoms with Gasteiger partial charge in [0, 0.05) is 18.1 Å². The van der Waals surface area contributed by atoms with E-state index in [1.165, 1.54) is 6.07 Å². The van der Waals surface area contributed by atoms with E-state index in [2.05, 4.69) is 17.1 Å². The van der Waals surface area contributed by atoms with Crippen LogP contribution in [0.4, 0.5) is 13.2 Å². The van der Waals surface area contributed by atoms with E-state index in [9.17, 15) is 32.1 Å². The van der Waals surface area contributed by atoms with Crippen molar-refractivity contribution in [2.75, 3.05) is 0 Å². The number of nitrogens with one attached hydrogen (secondary N) is 1. The highest BCUT2D eigenvalue weighted by atomic mass is 32.2. The molecule has 0 bridgehead atoms. The lowest BCUT2D eigenvalue weighted by Crippen LogP contribution is -2.42. The third kappa shape index (κ3) is 4.42. The van der Waals surface area contributed by atoms with Gasteiger partial charge in [0.1, 0.15) is 17.0 Å². The average molecular weight is 473 g/mol. The summed E-state index contributed by atoms with van der Waals surface area (Å²) >= 11 is 0. The van der Waals surface area contributed by atoms with Crippen molar-refractivity contribution in [2.24, 2.45) is 5.92 Å². The quantitative estimate of drug-likeness (QED) is 0.580. The molecule has 33 heavy (non-hydrogen) atoms. The molecule has 2 aromatic heterocycles. The van der Waals surface area contributed by atoms with Gasteiger partial charge in [-0.05, 0) is 49.9 Å². The molecule has 170 valence electrons. The Morgan fingerprint density at radius 1 is 1.21 bits per heavy atom. The second-order valence-electron chi connectivity index (χ2n) is 8.00. The average Bonchev–Trinajstić information content (AvgIpc) is 3.54. The summed E-state index contributed by atoms with van der Waals surface area (Å²) in [4.78, 5) is 3.76. The maximum atomic E-state index is 12.8. The number of fused-ring (bicyclic) bond motifs is 1. The zero-order valence-corrected chi connectivity index (χ0v) is 18.2. The second kappa shape index (κ2) is 8.18. The fraction of sp³-hybridized carbons (Fsp3) is 0.318. The lowest BCUT2D eigenvalue weighted by Gasteiger charge is -2.17. The fourth-order valence-electron chi connectivity index (χ4n) is 3.59. The summed E-state index contributed by atoms with van der Waals surface area (Å²) in [5, 5.41) is 19.8. The summed E-state index contributed by atoms with van der Waals surface area (Å²) in [7, 11) is -4.45.